The summed E-state index contributed by atoms with van der Waals surface area (Å²) in [4.78, 5) is 24.9. The first-order valence-electron chi connectivity index (χ1n) is 12.1. The molecular formula is C24H35N7O4S. The second-order valence-electron chi connectivity index (χ2n) is 8.86. The minimum absolute atomic E-state index is 0.164. The summed E-state index contributed by atoms with van der Waals surface area (Å²) in [5.74, 6) is 2.99. The van der Waals surface area contributed by atoms with E-state index in [2.05, 4.69) is 55.6 Å². The summed E-state index contributed by atoms with van der Waals surface area (Å²) < 4.78 is 18.4. The molecule has 0 saturated carbocycles. The molecule has 36 heavy (non-hydrogen) atoms. The largest absolute Gasteiger partial charge is 0.493 e. The number of H-pyrrole nitrogens is 1. The highest BCUT2D eigenvalue weighted by Gasteiger charge is 2.23. The summed E-state index contributed by atoms with van der Waals surface area (Å²) in [7, 11) is 7.23. The van der Waals surface area contributed by atoms with Crippen LogP contribution in [0.15, 0.2) is 22.1 Å². The van der Waals surface area contributed by atoms with Crippen LogP contribution >= 0.6 is 11.8 Å². The molecule has 0 spiro atoms. The van der Waals surface area contributed by atoms with Crippen molar-refractivity contribution in [3.63, 3.8) is 0 Å². The Morgan fingerprint density at radius 3 is 2.53 bits per heavy atom. The standard InChI is InChI=1S/C24H35N7O4S/c1-6-18(29(2)3)22-27-28-24(31(22)8-7-30-9-11-35-12-10-30)36-15-21-25-17-14-20(34-5)19(33-4)13-16(17)23(32)26-21/h13-14,18H,6-12,15H2,1-5H3,(H,25,26,32). The highest BCUT2D eigenvalue weighted by molar-refractivity contribution is 7.98. The molecule has 2 aromatic heterocycles. The number of nitrogens with one attached hydrogen (secondary N) is 1. The first-order chi connectivity index (χ1) is 17.4. The van der Waals surface area contributed by atoms with E-state index in [0.29, 0.717) is 34.0 Å². The summed E-state index contributed by atoms with van der Waals surface area (Å²) in [5.41, 5.74) is 0.338. The van der Waals surface area contributed by atoms with Gasteiger partial charge in [-0.25, -0.2) is 4.98 Å². The van der Waals surface area contributed by atoms with Crippen molar-refractivity contribution < 1.29 is 14.2 Å². The molecule has 1 saturated heterocycles. The van der Waals surface area contributed by atoms with Crippen LogP contribution in [0.3, 0.4) is 0 Å². The number of ether oxygens (including phenoxy) is 3. The smallest absolute Gasteiger partial charge is 0.258 e. The van der Waals surface area contributed by atoms with Gasteiger partial charge in [0.25, 0.3) is 5.56 Å². The fourth-order valence-corrected chi connectivity index (χ4v) is 5.27. The number of methoxy groups -OCH3 is 2. The van der Waals surface area contributed by atoms with Gasteiger partial charge in [-0.05, 0) is 26.6 Å². The van der Waals surface area contributed by atoms with Gasteiger partial charge < -0.3 is 23.8 Å². The van der Waals surface area contributed by atoms with Crippen LogP contribution in [0.25, 0.3) is 10.9 Å². The zero-order chi connectivity index (χ0) is 25.7. The Hall–Kier alpha value is -2.67. The molecule has 1 atom stereocenters. The van der Waals surface area contributed by atoms with E-state index in [9.17, 15) is 4.79 Å². The number of aromatic nitrogens is 5. The summed E-state index contributed by atoms with van der Waals surface area (Å²) in [5, 5.41) is 10.4. The summed E-state index contributed by atoms with van der Waals surface area (Å²) in [6.45, 7) is 7.24. The van der Waals surface area contributed by atoms with E-state index in [0.717, 1.165) is 56.8 Å². The lowest BCUT2D eigenvalue weighted by Gasteiger charge is -2.28. The summed E-state index contributed by atoms with van der Waals surface area (Å²) >= 11 is 1.52. The molecule has 196 valence electrons. The summed E-state index contributed by atoms with van der Waals surface area (Å²) in [6.07, 6.45) is 0.929. The quantitative estimate of drug-likeness (QED) is 0.380. The van der Waals surface area contributed by atoms with Crippen molar-refractivity contribution in [2.24, 2.45) is 0 Å². The van der Waals surface area contributed by atoms with Gasteiger partial charge in [0, 0.05) is 32.2 Å². The Bertz CT molecular complexity index is 1220. The van der Waals surface area contributed by atoms with E-state index in [1.54, 1.807) is 26.4 Å². The minimum Gasteiger partial charge on any atom is -0.493 e. The molecule has 0 bridgehead atoms. The van der Waals surface area contributed by atoms with E-state index in [4.69, 9.17) is 14.2 Å². The third kappa shape index (κ3) is 5.83. The fourth-order valence-electron chi connectivity index (χ4n) is 4.42. The third-order valence-corrected chi connectivity index (χ3v) is 7.37. The number of hydrogen-bond donors (Lipinski definition) is 1. The lowest BCUT2D eigenvalue weighted by atomic mass is 10.2. The Morgan fingerprint density at radius 1 is 1.14 bits per heavy atom. The second-order valence-corrected chi connectivity index (χ2v) is 9.80. The SMILES string of the molecule is CCC(c1nnc(SCc2nc3cc(OC)c(OC)cc3c(=O)[nH]2)n1CCN1CCOCC1)N(C)C. The number of benzene rings is 1. The zero-order valence-corrected chi connectivity index (χ0v) is 22.4. The molecule has 11 nitrogen and oxygen atoms in total. The van der Waals surface area contributed by atoms with Crippen LogP contribution in [0, 0.1) is 0 Å². The Kier molecular flexibility index (Phi) is 8.83. The van der Waals surface area contributed by atoms with Crippen LogP contribution in [0.5, 0.6) is 11.5 Å². The first-order valence-corrected chi connectivity index (χ1v) is 13.1. The maximum Gasteiger partial charge on any atom is 0.258 e. The molecule has 0 amide bonds. The van der Waals surface area contributed by atoms with Gasteiger partial charge in [0.15, 0.2) is 22.5 Å². The van der Waals surface area contributed by atoms with E-state index < -0.39 is 0 Å². The molecule has 0 aliphatic carbocycles. The van der Waals surface area contributed by atoms with Crippen molar-refractivity contribution in [1.82, 2.24) is 34.5 Å². The van der Waals surface area contributed by atoms with Crippen molar-refractivity contribution in [2.75, 3.05) is 61.2 Å². The predicted molar refractivity (Wildman–Crippen MR) is 139 cm³/mol. The van der Waals surface area contributed by atoms with Crippen molar-refractivity contribution in [1.29, 1.82) is 0 Å². The van der Waals surface area contributed by atoms with Gasteiger partial charge in [-0.15, -0.1) is 10.2 Å². The highest BCUT2D eigenvalue weighted by atomic mass is 32.2. The third-order valence-electron chi connectivity index (χ3n) is 6.39. The molecule has 4 rings (SSSR count). The normalized spacial score (nSPS) is 15.5. The number of rotatable bonds is 11. The molecule has 1 aliphatic heterocycles. The highest BCUT2D eigenvalue weighted by Crippen LogP contribution is 2.31. The van der Waals surface area contributed by atoms with Crippen molar-refractivity contribution >= 4 is 22.7 Å². The molecule has 12 heteroatoms. The number of nitrogens with zero attached hydrogens (tertiary/aromatic N) is 6. The van der Waals surface area contributed by atoms with Gasteiger partial charge in [0.2, 0.25) is 0 Å². The maximum atomic E-state index is 12.8. The molecule has 1 aromatic carbocycles. The molecular weight excluding hydrogens is 482 g/mol. The van der Waals surface area contributed by atoms with Crippen LogP contribution in [0.4, 0.5) is 0 Å². The molecule has 1 aliphatic rings. The van der Waals surface area contributed by atoms with Crippen LogP contribution in [0.2, 0.25) is 0 Å². The number of morpholine rings is 1. The van der Waals surface area contributed by atoms with Crippen LogP contribution in [-0.4, -0.2) is 95.7 Å². The van der Waals surface area contributed by atoms with Crippen molar-refractivity contribution in [3.8, 4) is 11.5 Å². The van der Waals surface area contributed by atoms with Crippen molar-refractivity contribution in [2.45, 2.75) is 36.8 Å². The van der Waals surface area contributed by atoms with E-state index >= 15 is 0 Å². The average molecular weight is 518 g/mol. The Labute approximate surface area is 215 Å². The van der Waals surface area contributed by atoms with E-state index in [1.165, 1.54) is 11.8 Å². The summed E-state index contributed by atoms with van der Waals surface area (Å²) in [6, 6.07) is 3.54. The Morgan fingerprint density at radius 2 is 1.86 bits per heavy atom. The molecule has 1 N–H and O–H groups in total. The van der Waals surface area contributed by atoms with Gasteiger partial charge in [-0.1, -0.05) is 18.7 Å². The minimum atomic E-state index is -0.218. The Balaban J connectivity index is 1.58. The van der Waals surface area contributed by atoms with Gasteiger partial charge >= 0.3 is 0 Å². The van der Waals surface area contributed by atoms with Crippen molar-refractivity contribution in [3.05, 3.63) is 34.1 Å². The van der Waals surface area contributed by atoms with Gasteiger partial charge in [-0.2, -0.15) is 0 Å². The zero-order valence-electron chi connectivity index (χ0n) is 21.6. The average Bonchev–Trinajstić information content (AvgIpc) is 3.28. The first kappa shape index (κ1) is 26.4. The molecule has 3 heterocycles. The number of fused-ring (bicyclic) bond motifs is 1. The number of aromatic amines is 1. The lowest BCUT2D eigenvalue weighted by molar-refractivity contribution is 0.0358. The maximum absolute atomic E-state index is 12.8. The fraction of sp³-hybridized carbons (Fsp3) is 0.583. The predicted octanol–water partition coefficient (Wildman–Crippen LogP) is 2.17. The number of thioether (sulfide) groups is 1. The molecule has 3 aromatic rings. The van der Waals surface area contributed by atoms with Gasteiger partial charge in [0.05, 0.1) is 50.1 Å². The van der Waals surface area contributed by atoms with Gasteiger partial charge in [0.1, 0.15) is 5.82 Å². The van der Waals surface area contributed by atoms with Crippen LogP contribution in [-0.2, 0) is 17.0 Å². The lowest BCUT2D eigenvalue weighted by Crippen LogP contribution is -2.38. The van der Waals surface area contributed by atoms with E-state index in [1.807, 2.05) is 0 Å². The molecule has 0 radical (unpaired) electrons. The molecule has 1 fully saturated rings. The molecule has 1 unspecified atom stereocenters. The number of hydrogen-bond acceptors (Lipinski definition) is 10. The van der Waals surface area contributed by atoms with Gasteiger partial charge in [-0.3, -0.25) is 14.6 Å². The topological polar surface area (TPSA) is 111 Å². The van der Waals surface area contributed by atoms with Crippen LogP contribution < -0.4 is 15.0 Å². The monoisotopic (exact) mass is 517 g/mol. The van der Waals surface area contributed by atoms with E-state index in [-0.39, 0.29) is 11.6 Å². The van der Waals surface area contributed by atoms with Crippen LogP contribution in [0.1, 0.15) is 31.0 Å². The second kappa shape index (κ2) is 12.0.